The number of piperazine rings is 1. The predicted octanol–water partition coefficient (Wildman–Crippen LogP) is 6.47. The van der Waals surface area contributed by atoms with Crippen LogP contribution >= 0.6 is 22.9 Å². The maximum absolute atomic E-state index is 16.8. The quantitative estimate of drug-likeness (QED) is 0.225. The third-order valence-corrected chi connectivity index (χ3v) is 11.1. The molecule has 242 valence electrons. The van der Waals surface area contributed by atoms with Crippen molar-refractivity contribution < 1.29 is 26.7 Å². The van der Waals surface area contributed by atoms with Gasteiger partial charge in [0, 0.05) is 54.7 Å². The van der Waals surface area contributed by atoms with E-state index in [-0.39, 0.29) is 73.4 Å². The molecule has 8 nitrogen and oxygen atoms in total. The topological polar surface area (TPSA) is 92.4 Å². The lowest BCUT2D eigenvalue weighted by molar-refractivity contribution is 0.107. The van der Waals surface area contributed by atoms with Crippen LogP contribution in [0.25, 0.3) is 32.2 Å². The van der Waals surface area contributed by atoms with Gasteiger partial charge in [-0.15, -0.1) is 0 Å². The highest BCUT2D eigenvalue weighted by Gasteiger charge is 2.50. The van der Waals surface area contributed by atoms with Crippen LogP contribution in [0.4, 0.5) is 32.9 Å². The SMILES string of the molecule is Nc1nc2c(-c3c(Cl)cc4c(N5C[C@H]6CC[C@@](C=C(F)F)(C5)N6)nc(OC[C@@]56CCCN5C[C@H](F)C6)nc4c3F)ccc(F)c2s1. The molecule has 6 heterocycles. The smallest absolute Gasteiger partial charge is 0.319 e. The first-order valence-corrected chi connectivity index (χ1v) is 16.4. The molecule has 0 spiro atoms. The number of nitrogens with zero attached hydrogens (tertiary/aromatic N) is 5. The van der Waals surface area contributed by atoms with E-state index in [1.165, 1.54) is 18.2 Å². The molecule has 0 amide bonds. The Morgan fingerprint density at radius 2 is 2.02 bits per heavy atom. The van der Waals surface area contributed by atoms with Crippen LogP contribution in [0.5, 0.6) is 6.01 Å². The normalized spacial score (nSPS) is 27.6. The highest BCUT2D eigenvalue weighted by Crippen LogP contribution is 2.45. The molecule has 0 aliphatic carbocycles. The van der Waals surface area contributed by atoms with E-state index >= 15 is 4.39 Å². The number of thiazole rings is 1. The second kappa shape index (κ2) is 10.9. The van der Waals surface area contributed by atoms with Crippen molar-refractivity contribution in [2.24, 2.45) is 0 Å². The van der Waals surface area contributed by atoms with E-state index in [0.717, 1.165) is 36.8 Å². The molecule has 15 heteroatoms. The van der Waals surface area contributed by atoms with Crippen LogP contribution < -0.4 is 20.7 Å². The molecule has 2 aromatic heterocycles. The van der Waals surface area contributed by atoms with Crippen molar-refractivity contribution in [3.63, 3.8) is 0 Å². The Labute approximate surface area is 269 Å². The molecule has 4 aromatic rings. The number of nitrogens with one attached hydrogen (secondary N) is 1. The lowest BCUT2D eigenvalue weighted by Gasteiger charge is -2.40. The predicted molar refractivity (Wildman–Crippen MR) is 167 cm³/mol. The molecule has 46 heavy (non-hydrogen) atoms. The monoisotopic (exact) mass is 677 g/mol. The first-order chi connectivity index (χ1) is 22.0. The molecule has 3 N–H and O–H groups in total. The molecule has 8 rings (SSSR count). The number of anilines is 2. The summed E-state index contributed by atoms with van der Waals surface area (Å²) in [6.07, 6.45) is 1.33. The highest BCUT2D eigenvalue weighted by atomic mass is 35.5. The molecule has 4 aliphatic rings. The zero-order valence-electron chi connectivity index (χ0n) is 24.4. The highest BCUT2D eigenvalue weighted by molar-refractivity contribution is 7.22. The number of aromatic nitrogens is 3. The standard InChI is InChI=1S/C31H29ClF5N7OS/c32-19-8-18-24(23(37)22(19)17-2-3-20(34)26-25(17)39-28(38)46-26)40-29(45-14-31-5-1-7-44(31)11-15(33)9-31)41-27(18)43-12-16-4-6-30(13-43,42-16)10-21(35)36/h2-3,8,10,15-16,42H,1,4-7,9,11-14H2,(H2,38,39)/t15-,16-,30-,31+/m1/s1. The molecule has 2 bridgehead atoms. The Balaban J connectivity index is 1.27. The summed E-state index contributed by atoms with van der Waals surface area (Å²) in [5.74, 6) is -1.06. The molecular formula is C31H29ClF5N7OS. The van der Waals surface area contributed by atoms with E-state index in [9.17, 15) is 17.6 Å². The lowest BCUT2D eigenvalue weighted by atomic mass is 9.95. The number of halogens is 6. The summed E-state index contributed by atoms with van der Waals surface area (Å²) in [6, 6.07) is 3.90. The molecule has 0 radical (unpaired) electrons. The van der Waals surface area contributed by atoms with Crippen molar-refractivity contribution in [1.29, 1.82) is 0 Å². The summed E-state index contributed by atoms with van der Waals surface area (Å²) in [6.45, 7) is 1.78. The number of nitrogen functional groups attached to an aromatic ring is 1. The van der Waals surface area contributed by atoms with Gasteiger partial charge in [-0.25, -0.2) is 18.2 Å². The van der Waals surface area contributed by atoms with Gasteiger partial charge in [-0.1, -0.05) is 22.9 Å². The number of fused-ring (bicyclic) bond motifs is 5. The maximum Gasteiger partial charge on any atom is 0.319 e. The minimum absolute atomic E-state index is 0.00551. The van der Waals surface area contributed by atoms with Gasteiger partial charge in [-0.3, -0.25) is 4.90 Å². The second-order valence-corrected chi connectivity index (χ2v) is 14.3. The fraction of sp³-hybridized carbons (Fsp3) is 0.452. The number of alkyl halides is 1. The van der Waals surface area contributed by atoms with Crippen LogP contribution in [0.15, 0.2) is 30.4 Å². The van der Waals surface area contributed by atoms with Gasteiger partial charge in [0.1, 0.15) is 29.9 Å². The van der Waals surface area contributed by atoms with E-state index in [4.69, 9.17) is 27.1 Å². The first kappa shape index (κ1) is 30.0. The Hall–Kier alpha value is -3.33. The molecule has 0 saturated carbocycles. The van der Waals surface area contributed by atoms with E-state index in [2.05, 4.69) is 20.2 Å². The minimum Gasteiger partial charge on any atom is -0.461 e. The van der Waals surface area contributed by atoms with E-state index in [0.29, 0.717) is 32.4 Å². The fourth-order valence-electron chi connectivity index (χ4n) is 8.00. The Morgan fingerprint density at radius 3 is 2.85 bits per heavy atom. The second-order valence-electron chi connectivity index (χ2n) is 12.8. The molecule has 4 fully saturated rings. The van der Waals surface area contributed by atoms with Gasteiger partial charge in [0.15, 0.2) is 10.9 Å². The summed E-state index contributed by atoms with van der Waals surface area (Å²) in [7, 11) is 0. The van der Waals surface area contributed by atoms with Crippen molar-refractivity contribution in [2.45, 2.75) is 55.4 Å². The molecular weight excluding hydrogens is 649 g/mol. The largest absolute Gasteiger partial charge is 0.461 e. The molecule has 4 aliphatic heterocycles. The van der Waals surface area contributed by atoms with E-state index in [1.807, 2.05) is 4.90 Å². The number of nitrogens with two attached hydrogens (primary N) is 1. The summed E-state index contributed by atoms with van der Waals surface area (Å²) in [5.41, 5.74) is 4.63. The van der Waals surface area contributed by atoms with Crippen LogP contribution in [0, 0.1) is 11.6 Å². The Morgan fingerprint density at radius 1 is 1.17 bits per heavy atom. The number of hydrogen-bond donors (Lipinski definition) is 2. The van der Waals surface area contributed by atoms with Crippen LogP contribution in [-0.2, 0) is 0 Å². The first-order valence-electron chi connectivity index (χ1n) is 15.2. The summed E-state index contributed by atoms with van der Waals surface area (Å²) in [5, 5.41) is 3.69. The van der Waals surface area contributed by atoms with Gasteiger partial charge < -0.3 is 20.7 Å². The molecule has 4 saturated heterocycles. The summed E-state index contributed by atoms with van der Waals surface area (Å²) < 4.78 is 79.4. The van der Waals surface area contributed by atoms with Gasteiger partial charge in [-0.2, -0.15) is 18.7 Å². The van der Waals surface area contributed by atoms with Crippen LogP contribution in [0.3, 0.4) is 0 Å². The average Bonchev–Trinajstić information content (AvgIpc) is 3.73. The van der Waals surface area contributed by atoms with Gasteiger partial charge in [0.2, 0.25) is 0 Å². The number of ether oxygens (including phenoxy) is 1. The third-order valence-electron chi connectivity index (χ3n) is 9.88. The zero-order chi connectivity index (χ0) is 32.0. The number of rotatable bonds is 6. The number of hydrogen-bond acceptors (Lipinski definition) is 9. The van der Waals surface area contributed by atoms with E-state index in [1.54, 1.807) is 0 Å². The molecule has 2 aromatic carbocycles. The zero-order valence-corrected chi connectivity index (χ0v) is 26.0. The third kappa shape index (κ3) is 4.87. The van der Waals surface area contributed by atoms with Crippen molar-refractivity contribution in [1.82, 2.24) is 25.2 Å². The Bertz CT molecular complexity index is 1920. The van der Waals surface area contributed by atoms with Crippen molar-refractivity contribution in [3.8, 4) is 17.1 Å². The fourth-order valence-corrected chi connectivity index (χ4v) is 9.06. The van der Waals surface area contributed by atoms with Crippen LogP contribution in [0.2, 0.25) is 5.02 Å². The van der Waals surface area contributed by atoms with E-state index < -0.39 is 35.0 Å². The summed E-state index contributed by atoms with van der Waals surface area (Å²) in [4.78, 5) is 17.4. The lowest BCUT2D eigenvalue weighted by Crippen LogP contribution is -2.59. The van der Waals surface area contributed by atoms with Gasteiger partial charge in [0.05, 0.1) is 26.3 Å². The van der Waals surface area contributed by atoms with Gasteiger partial charge in [0.25, 0.3) is 6.08 Å². The van der Waals surface area contributed by atoms with Crippen molar-refractivity contribution in [3.05, 3.63) is 47.0 Å². The minimum atomic E-state index is -1.79. The number of benzene rings is 2. The summed E-state index contributed by atoms with van der Waals surface area (Å²) >= 11 is 7.71. The maximum atomic E-state index is 16.8. The molecule has 0 unspecified atom stereocenters. The van der Waals surface area contributed by atoms with Crippen molar-refractivity contribution >= 4 is 55.0 Å². The Kier molecular flexibility index (Phi) is 7.09. The van der Waals surface area contributed by atoms with Gasteiger partial charge in [-0.05, 0) is 50.4 Å². The van der Waals surface area contributed by atoms with Crippen molar-refractivity contribution in [2.75, 3.05) is 43.4 Å². The van der Waals surface area contributed by atoms with Gasteiger partial charge >= 0.3 is 6.01 Å². The van der Waals surface area contributed by atoms with Crippen LogP contribution in [-0.4, -0.2) is 75.9 Å². The molecule has 4 atom stereocenters. The van der Waals surface area contributed by atoms with Crippen LogP contribution in [0.1, 0.15) is 32.1 Å². The average molecular weight is 678 g/mol.